The highest BCUT2D eigenvalue weighted by Crippen LogP contribution is 2.27. The molecule has 1 amide bonds. The van der Waals surface area contributed by atoms with Crippen LogP contribution in [0.15, 0.2) is 12.1 Å². The third kappa shape index (κ3) is 4.23. The van der Waals surface area contributed by atoms with Gasteiger partial charge >= 0.3 is 12.0 Å². The monoisotopic (exact) mass is 281 g/mol. The number of halogens is 1. The lowest BCUT2D eigenvalue weighted by molar-refractivity contribution is -0.112. The van der Waals surface area contributed by atoms with Crippen LogP contribution in [0.3, 0.4) is 0 Å². The van der Waals surface area contributed by atoms with Gasteiger partial charge < -0.3 is 10.4 Å². The molecule has 0 aliphatic rings. The summed E-state index contributed by atoms with van der Waals surface area (Å²) in [5.41, 5.74) is 2.24. The molecule has 0 aliphatic heterocycles. The van der Waals surface area contributed by atoms with Crippen LogP contribution in [-0.2, 0) is 4.79 Å². The molecule has 2 N–H and O–H groups in total. The predicted molar refractivity (Wildman–Crippen MR) is 78.0 cm³/mol. The molecule has 0 saturated heterocycles. The van der Waals surface area contributed by atoms with Crippen molar-refractivity contribution in [2.45, 2.75) is 39.8 Å². The maximum absolute atomic E-state index is 10.8. The Hall–Kier alpha value is -1.57. The Kier molecular flexibility index (Phi) is 5.34. The van der Waals surface area contributed by atoms with Gasteiger partial charge in [0.25, 0.3) is 0 Å². The molecule has 0 fully saturated rings. The first-order valence-corrected chi connectivity index (χ1v) is 6.41. The molecule has 5 heteroatoms. The molecule has 102 valence electrons. The van der Waals surface area contributed by atoms with Crippen molar-refractivity contribution in [3.63, 3.8) is 0 Å². The van der Waals surface area contributed by atoms with E-state index in [1.807, 2.05) is 19.9 Å². The number of anilines is 1. The first-order chi connectivity index (χ1) is 8.82. The van der Waals surface area contributed by atoms with Gasteiger partial charge in [-0.05, 0) is 38.5 Å². The Morgan fingerprint density at radius 3 is 2.63 bits per heavy atom. The van der Waals surface area contributed by atoms with E-state index in [0.717, 1.165) is 11.3 Å². The van der Waals surface area contributed by atoms with Crippen LogP contribution in [-0.4, -0.2) is 23.2 Å². The van der Waals surface area contributed by atoms with Gasteiger partial charge in [0, 0.05) is 16.6 Å². The number of nitrogens with one attached hydrogen (secondary N) is 1. The van der Waals surface area contributed by atoms with E-state index in [1.165, 1.54) is 6.92 Å². The second-order valence-corrected chi connectivity index (χ2v) is 4.89. The van der Waals surface area contributed by atoms with Crippen molar-refractivity contribution in [1.82, 2.24) is 0 Å². The van der Waals surface area contributed by atoms with Crippen LogP contribution in [0.2, 0.25) is 5.02 Å². The standard InChI is InChI=1S/C14H17ClN2O2/c1-8-13(17-9(2)10(3)18)6-5-12(14(8)15)7-16-11(4)19/h5-6,9-10,18H,1-4H3/p+1/t9-,10+/m1/s1. The van der Waals surface area contributed by atoms with Crippen molar-refractivity contribution < 1.29 is 9.90 Å². The van der Waals surface area contributed by atoms with Crippen LogP contribution >= 0.6 is 11.6 Å². The van der Waals surface area contributed by atoms with Crippen LogP contribution in [0.1, 0.15) is 31.9 Å². The van der Waals surface area contributed by atoms with Gasteiger partial charge in [0.05, 0.1) is 18.1 Å². The largest absolute Gasteiger partial charge is 0.512 e. The molecule has 2 atom stereocenters. The third-order valence-corrected chi connectivity index (χ3v) is 3.31. The predicted octanol–water partition coefficient (Wildman–Crippen LogP) is 3.06. The average Bonchev–Trinajstić information content (AvgIpc) is 2.33. The van der Waals surface area contributed by atoms with E-state index in [9.17, 15) is 9.90 Å². The number of aliphatic hydroxyl groups is 1. The Bertz CT molecular complexity index is 544. The molecule has 0 saturated carbocycles. The Morgan fingerprint density at radius 1 is 1.47 bits per heavy atom. The number of hydrogen-bond acceptors (Lipinski definition) is 3. The summed E-state index contributed by atoms with van der Waals surface area (Å²) in [6, 6.07) is 6.10. The highest BCUT2D eigenvalue weighted by Gasteiger charge is 2.14. The number of benzene rings is 1. The normalized spacial score (nSPS) is 13.2. The topological polar surface area (TPSA) is 53.7 Å². The van der Waals surface area contributed by atoms with E-state index in [4.69, 9.17) is 11.6 Å². The molecule has 19 heavy (non-hydrogen) atoms. The summed E-state index contributed by atoms with van der Waals surface area (Å²) in [4.78, 5) is 14.4. The quantitative estimate of drug-likeness (QED) is 0.895. The van der Waals surface area contributed by atoms with Gasteiger partial charge in [-0.25, -0.2) is 4.79 Å². The van der Waals surface area contributed by atoms with Crippen LogP contribution < -0.4 is 5.32 Å². The van der Waals surface area contributed by atoms with Crippen molar-refractivity contribution in [3.8, 4) is 6.07 Å². The molecule has 1 aromatic carbocycles. The smallest absolute Gasteiger partial charge is 0.391 e. The maximum Gasteiger partial charge on any atom is 0.512 e. The summed E-state index contributed by atoms with van der Waals surface area (Å²) in [5, 5.41) is 13.2. The molecule has 0 aromatic heterocycles. The molecule has 0 bridgehead atoms. The fourth-order valence-electron chi connectivity index (χ4n) is 1.43. The van der Waals surface area contributed by atoms with Gasteiger partial charge in [0.15, 0.2) is 0 Å². The SMILES string of the molecule is CC(=O)[N+]#Cc1ccc(N[C@H](C)[C@H](C)O)c(C)c1Cl. The summed E-state index contributed by atoms with van der Waals surface area (Å²) in [5.74, 6) is -0.321. The molecular formula is C14H18ClN2O2+. The second-order valence-electron chi connectivity index (χ2n) is 4.52. The van der Waals surface area contributed by atoms with E-state index < -0.39 is 6.10 Å². The van der Waals surface area contributed by atoms with E-state index in [2.05, 4.69) is 16.2 Å². The van der Waals surface area contributed by atoms with Gasteiger partial charge in [0.2, 0.25) is 0 Å². The number of hydrogen-bond donors (Lipinski definition) is 2. The van der Waals surface area contributed by atoms with Crippen molar-refractivity contribution in [2.24, 2.45) is 0 Å². The third-order valence-electron chi connectivity index (χ3n) is 2.83. The van der Waals surface area contributed by atoms with E-state index >= 15 is 0 Å². The van der Waals surface area contributed by atoms with Gasteiger partial charge in [-0.2, -0.15) is 0 Å². The fourth-order valence-corrected chi connectivity index (χ4v) is 1.64. The molecule has 0 unspecified atom stereocenters. The first-order valence-electron chi connectivity index (χ1n) is 6.04. The zero-order valence-corrected chi connectivity index (χ0v) is 12.2. The van der Waals surface area contributed by atoms with Crippen LogP contribution in [0.5, 0.6) is 0 Å². The minimum Gasteiger partial charge on any atom is -0.391 e. The van der Waals surface area contributed by atoms with Crippen molar-refractivity contribution in [1.29, 1.82) is 0 Å². The average molecular weight is 282 g/mol. The van der Waals surface area contributed by atoms with Gasteiger partial charge in [0.1, 0.15) is 5.56 Å². The van der Waals surface area contributed by atoms with E-state index in [1.54, 1.807) is 13.0 Å². The molecule has 0 heterocycles. The van der Waals surface area contributed by atoms with E-state index in [-0.39, 0.29) is 11.9 Å². The van der Waals surface area contributed by atoms with Crippen LogP contribution in [0, 0.1) is 13.0 Å². The number of carbonyl (C=O) groups excluding carboxylic acids is 1. The summed E-state index contributed by atoms with van der Waals surface area (Å²) >= 11 is 6.21. The van der Waals surface area contributed by atoms with E-state index in [0.29, 0.717) is 10.6 Å². The molecule has 0 radical (unpaired) electrons. The minimum absolute atomic E-state index is 0.0875. The Balaban J connectivity index is 3.05. The number of aliphatic hydroxyl groups excluding tert-OH is 1. The summed E-state index contributed by atoms with van der Waals surface area (Å²) < 4.78 is 0. The summed E-state index contributed by atoms with van der Waals surface area (Å²) in [6.07, 6.45) is -0.469. The van der Waals surface area contributed by atoms with Gasteiger partial charge in [-0.1, -0.05) is 11.6 Å². The lowest BCUT2D eigenvalue weighted by Crippen LogP contribution is -2.28. The fraction of sp³-hybridized carbons (Fsp3) is 0.429. The molecule has 1 rings (SSSR count). The number of carbonyl (C=O) groups is 1. The molecule has 1 aromatic rings. The number of rotatable bonds is 3. The van der Waals surface area contributed by atoms with Crippen molar-refractivity contribution in [3.05, 3.63) is 33.1 Å². The van der Waals surface area contributed by atoms with Gasteiger partial charge in [-0.3, -0.25) is 0 Å². The maximum atomic E-state index is 10.8. The summed E-state index contributed by atoms with van der Waals surface area (Å²) in [7, 11) is 0. The highest BCUT2D eigenvalue weighted by molar-refractivity contribution is 6.33. The highest BCUT2D eigenvalue weighted by atomic mass is 35.5. The Labute approximate surface area is 118 Å². The van der Waals surface area contributed by atoms with Gasteiger partial charge in [-0.15, -0.1) is 0 Å². The van der Waals surface area contributed by atoms with Crippen LogP contribution in [0.4, 0.5) is 5.69 Å². The molecule has 4 nitrogen and oxygen atoms in total. The minimum atomic E-state index is -0.469. The first kappa shape index (κ1) is 15.5. The van der Waals surface area contributed by atoms with Crippen molar-refractivity contribution >= 4 is 23.2 Å². The number of nitrogens with zero attached hydrogens (tertiary/aromatic N) is 1. The lowest BCUT2D eigenvalue weighted by Gasteiger charge is -2.19. The molecule has 0 spiro atoms. The van der Waals surface area contributed by atoms with Crippen LogP contribution in [0.25, 0.3) is 4.85 Å². The zero-order chi connectivity index (χ0) is 14.6. The van der Waals surface area contributed by atoms with Crippen molar-refractivity contribution in [2.75, 3.05) is 5.32 Å². The Morgan fingerprint density at radius 2 is 2.11 bits per heavy atom. The lowest BCUT2D eigenvalue weighted by atomic mass is 10.1. The second kappa shape index (κ2) is 6.55. The summed E-state index contributed by atoms with van der Waals surface area (Å²) in [6.45, 7) is 6.82. The zero-order valence-electron chi connectivity index (χ0n) is 11.5. The number of amides is 1. The molecule has 0 aliphatic carbocycles. The molecular weight excluding hydrogens is 264 g/mol.